The number of hydrogen-bond acceptors (Lipinski definition) is 6. The number of aromatic nitrogens is 3. The minimum absolute atomic E-state index is 0.439. The largest absolute Gasteiger partial charge is 0.497 e. The standard InChI is InChI=1S/C21H23N5O/c1-27-17-10-6-9-16(13-17)23-20-14-19(18-11-4-5-12-22-18)25-21(26-20)24-15-7-2-3-8-15/h4-6,9-15H,2-3,7-8H2,1H3,(H2,23,24,25,26). The Bertz CT molecular complexity index is 894. The average Bonchev–Trinajstić information content (AvgIpc) is 3.21. The minimum Gasteiger partial charge on any atom is -0.497 e. The summed E-state index contributed by atoms with van der Waals surface area (Å²) in [5.41, 5.74) is 2.52. The molecule has 6 heteroatoms. The molecule has 138 valence electrons. The third kappa shape index (κ3) is 4.34. The van der Waals surface area contributed by atoms with Crippen LogP contribution in [0.4, 0.5) is 17.5 Å². The van der Waals surface area contributed by atoms with Crippen molar-refractivity contribution < 1.29 is 4.74 Å². The van der Waals surface area contributed by atoms with E-state index in [4.69, 9.17) is 9.72 Å². The summed E-state index contributed by atoms with van der Waals surface area (Å²) in [4.78, 5) is 13.8. The van der Waals surface area contributed by atoms with Gasteiger partial charge in [-0.3, -0.25) is 4.98 Å². The highest BCUT2D eigenvalue weighted by molar-refractivity contribution is 5.65. The molecular formula is C21H23N5O. The molecule has 2 N–H and O–H groups in total. The molecule has 4 rings (SSSR count). The molecule has 1 aliphatic carbocycles. The zero-order chi connectivity index (χ0) is 18.5. The first-order valence-corrected chi connectivity index (χ1v) is 9.28. The quantitative estimate of drug-likeness (QED) is 0.666. The van der Waals surface area contributed by atoms with Gasteiger partial charge in [0.15, 0.2) is 0 Å². The maximum Gasteiger partial charge on any atom is 0.225 e. The monoisotopic (exact) mass is 361 g/mol. The normalized spacial score (nSPS) is 14.1. The van der Waals surface area contributed by atoms with Crippen molar-refractivity contribution in [2.75, 3.05) is 17.7 Å². The van der Waals surface area contributed by atoms with Crippen LogP contribution in [0.3, 0.4) is 0 Å². The van der Waals surface area contributed by atoms with Gasteiger partial charge in [-0.25, -0.2) is 4.98 Å². The summed E-state index contributed by atoms with van der Waals surface area (Å²) in [5, 5.41) is 6.84. The Morgan fingerprint density at radius 1 is 0.963 bits per heavy atom. The molecule has 2 heterocycles. The zero-order valence-corrected chi connectivity index (χ0v) is 15.4. The molecule has 0 saturated heterocycles. The number of ether oxygens (including phenoxy) is 1. The molecule has 1 aromatic carbocycles. The number of anilines is 3. The Balaban J connectivity index is 1.66. The Hall–Kier alpha value is -3.15. The van der Waals surface area contributed by atoms with E-state index >= 15 is 0 Å². The number of hydrogen-bond donors (Lipinski definition) is 2. The van der Waals surface area contributed by atoms with Crippen molar-refractivity contribution in [1.82, 2.24) is 15.0 Å². The number of nitrogens with one attached hydrogen (secondary N) is 2. The smallest absolute Gasteiger partial charge is 0.225 e. The zero-order valence-electron chi connectivity index (χ0n) is 15.4. The van der Waals surface area contributed by atoms with E-state index in [1.807, 2.05) is 48.5 Å². The highest BCUT2D eigenvalue weighted by atomic mass is 16.5. The molecule has 0 radical (unpaired) electrons. The summed E-state index contributed by atoms with van der Waals surface area (Å²) in [7, 11) is 1.66. The Morgan fingerprint density at radius 2 is 1.85 bits per heavy atom. The highest BCUT2D eigenvalue weighted by Gasteiger charge is 2.17. The lowest BCUT2D eigenvalue weighted by Gasteiger charge is -2.15. The van der Waals surface area contributed by atoms with Crippen LogP contribution in [0.25, 0.3) is 11.4 Å². The maximum absolute atomic E-state index is 5.30. The van der Waals surface area contributed by atoms with Gasteiger partial charge in [0.2, 0.25) is 5.95 Å². The van der Waals surface area contributed by atoms with Crippen LogP contribution >= 0.6 is 0 Å². The van der Waals surface area contributed by atoms with Crippen molar-refractivity contribution >= 4 is 17.5 Å². The Kier molecular flexibility index (Phi) is 5.14. The molecule has 1 saturated carbocycles. The van der Waals surface area contributed by atoms with Gasteiger partial charge in [-0.2, -0.15) is 4.98 Å². The molecular weight excluding hydrogens is 338 g/mol. The molecule has 0 bridgehead atoms. The van der Waals surface area contributed by atoms with Gasteiger partial charge in [0.1, 0.15) is 11.6 Å². The molecule has 0 atom stereocenters. The van der Waals surface area contributed by atoms with E-state index in [0.717, 1.165) is 41.5 Å². The topological polar surface area (TPSA) is 72.0 Å². The molecule has 0 aliphatic heterocycles. The van der Waals surface area contributed by atoms with Crippen molar-refractivity contribution in [1.29, 1.82) is 0 Å². The molecule has 0 amide bonds. The van der Waals surface area contributed by atoms with Gasteiger partial charge < -0.3 is 15.4 Å². The lowest BCUT2D eigenvalue weighted by atomic mass is 10.2. The Morgan fingerprint density at radius 3 is 2.63 bits per heavy atom. The summed E-state index contributed by atoms with van der Waals surface area (Å²) < 4.78 is 5.30. The molecule has 2 aromatic heterocycles. The first-order chi connectivity index (χ1) is 13.3. The molecule has 0 unspecified atom stereocenters. The van der Waals surface area contributed by atoms with E-state index < -0.39 is 0 Å². The first kappa shape index (κ1) is 17.3. The van der Waals surface area contributed by atoms with Crippen molar-refractivity contribution in [2.24, 2.45) is 0 Å². The van der Waals surface area contributed by atoms with Crippen molar-refractivity contribution in [3.63, 3.8) is 0 Å². The number of nitrogens with zero attached hydrogens (tertiary/aromatic N) is 3. The number of rotatable bonds is 6. The second-order valence-corrected chi connectivity index (χ2v) is 6.66. The third-order valence-electron chi connectivity index (χ3n) is 4.68. The molecule has 27 heavy (non-hydrogen) atoms. The van der Waals surface area contributed by atoms with E-state index in [1.165, 1.54) is 12.8 Å². The van der Waals surface area contributed by atoms with E-state index in [0.29, 0.717) is 12.0 Å². The summed E-state index contributed by atoms with van der Waals surface area (Å²) in [6, 6.07) is 16.0. The van der Waals surface area contributed by atoms with Crippen LogP contribution in [0, 0.1) is 0 Å². The van der Waals surface area contributed by atoms with E-state index in [-0.39, 0.29) is 0 Å². The van der Waals surface area contributed by atoms with Gasteiger partial charge in [-0.1, -0.05) is 25.0 Å². The van der Waals surface area contributed by atoms with Crippen LogP contribution in [-0.4, -0.2) is 28.1 Å². The SMILES string of the molecule is COc1cccc(Nc2cc(-c3ccccn3)nc(NC3CCCC3)n2)c1. The van der Waals surface area contributed by atoms with E-state index in [2.05, 4.69) is 20.6 Å². The van der Waals surface area contributed by atoms with Gasteiger partial charge in [-0.15, -0.1) is 0 Å². The predicted molar refractivity (Wildman–Crippen MR) is 107 cm³/mol. The number of benzene rings is 1. The summed E-state index contributed by atoms with van der Waals surface area (Å²) >= 11 is 0. The summed E-state index contributed by atoms with van der Waals surface area (Å²) in [5.74, 6) is 2.15. The van der Waals surface area contributed by atoms with Crippen molar-refractivity contribution in [3.05, 3.63) is 54.7 Å². The molecule has 1 aliphatic rings. The number of pyridine rings is 1. The van der Waals surface area contributed by atoms with Crippen LogP contribution < -0.4 is 15.4 Å². The minimum atomic E-state index is 0.439. The molecule has 0 spiro atoms. The van der Waals surface area contributed by atoms with Crippen LogP contribution in [0.15, 0.2) is 54.7 Å². The fourth-order valence-corrected chi connectivity index (χ4v) is 3.32. The molecule has 6 nitrogen and oxygen atoms in total. The van der Waals surface area contributed by atoms with Gasteiger partial charge in [0, 0.05) is 30.1 Å². The van der Waals surface area contributed by atoms with Gasteiger partial charge in [0.25, 0.3) is 0 Å². The van der Waals surface area contributed by atoms with Crippen LogP contribution in [0.1, 0.15) is 25.7 Å². The Labute approximate surface area is 159 Å². The van der Waals surface area contributed by atoms with E-state index in [9.17, 15) is 0 Å². The maximum atomic E-state index is 5.30. The van der Waals surface area contributed by atoms with Crippen LogP contribution in [-0.2, 0) is 0 Å². The van der Waals surface area contributed by atoms with Crippen LogP contribution in [0.5, 0.6) is 5.75 Å². The van der Waals surface area contributed by atoms with E-state index in [1.54, 1.807) is 13.3 Å². The third-order valence-corrected chi connectivity index (χ3v) is 4.68. The first-order valence-electron chi connectivity index (χ1n) is 9.28. The fourth-order valence-electron chi connectivity index (χ4n) is 3.32. The second kappa shape index (κ2) is 8.03. The average molecular weight is 361 g/mol. The number of methoxy groups -OCH3 is 1. The summed E-state index contributed by atoms with van der Waals surface area (Å²) in [6.07, 6.45) is 6.61. The van der Waals surface area contributed by atoms with Gasteiger partial charge in [0.05, 0.1) is 18.5 Å². The van der Waals surface area contributed by atoms with Gasteiger partial charge >= 0.3 is 0 Å². The van der Waals surface area contributed by atoms with Crippen molar-refractivity contribution in [2.45, 2.75) is 31.7 Å². The van der Waals surface area contributed by atoms with Crippen molar-refractivity contribution in [3.8, 4) is 17.1 Å². The second-order valence-electron chi connectivity index (χ2n) is 6.66. The van der Waals surface area contributed by atoms with Gasteiger partial charge in [-0.05, 0) is 37.1 Å². The lowest BCUT2D eigenvalue weighted by molar-refractivity contribution is 0.415. The summed E-state index contributed by atoms with van der Waals surface area (Å²) in [6.45, 7) is 0. The highest BCUT2D eigenvalue weighted by Crippen LogP contribution is 2.26. The predicted octanol–water partition coefficient (Wildman–Crippen LogP) is 4.65. The van der Waals surface area contributed by atoms with Crippen LogP contribution in [0.2, 0.25) is 0 Å². The fraction of sp³-hybridized carbons (Fsp3) is 0.286. The molecule has 1 fully saturated rings. The molecule has 3 aromatic rings. The lowest BCUT2D eigenvalue weighted by Crippen LogP contribution is -2.17.